The molecule has 0 aliphatic heterocycles. The Kier molecular flexibility index (Phi) is 7.09. The Morgan fingerprint density at radius 2 is 1.88 bits per heavy atom. The van der Waals surface area contributed by atoms with E-state index >= 15 is 0 Å². The van der Waals surface area contributed by atoms with E-state index < -0.39 is 0 Å². The number of nitrogens with zero attached hydrogens (tertiary/aromatic N) is 4. The van der Waals surface area contributed by atoms with Gasteiger partial charge in [0.25, 0.3) is 5.91 Å². The molecule has 0 atom stereocenters. The summed E-state index contributed by atoms with van der Waals surface area (Å²) in [5, 5.41) is 8.48. The van der Waals surface area contributed by atoms with E-state index in [1.54, 1.807) is 6.20 Å². The number of hydrogen-bond donors (Lipinski definition) is 2. The topological polar surface area (TPSA) is 83.0 Å². The van der Waals surface area contributed by atoms with Gasteiger partial charge in [-0.1, -0.05) is 12.1 Å². The first-order valence-electron chi connectivity index (χ1n) is 11.0. The van der Waals surface area contributed by atoms with Crippen molar-refractivity contribution in [3.63, 3.8) is 0 Å². The van der Waals surface area contributed by atoms with Gasteiger partial charge in [-0.25, -0.2) is 9.97 Å². The lowest BCUT2D eigenvalue weighted by molar-refractivity contribution is 0.0939. The van der Waals surface area contributed by atoms with Crippen LogP contribution in [-0.2, 0) is 0 Å². The number of carbonyl (C=O) groups is 1. The second-order valence-corrected chi connectivity index (χ2v) is 9.21. The van der Waals surface area contributed by atoms with Gasteiger partial charge in [-0.2, -0.15) is 4.98 Å². The second-order valence-electron chi connectivity index (χ2n) is 8.41. The molecule has 2 aromatic heterocycles. The van der Waals surface area contributed by atoms with Gasteiger partial charge in [0, 0.05) is 38.3 Å². The summed E-state index contributed by atoms with van der Waals surface area (Å²) in [6.07, 6.45) is 7.86. The zero-order valence-electron chi connectivity index (χ0n) is 18.8. The Hall–Kier alpha value is -2.87. The van der Waals surface area contributed by atoms with Crippen LogP contribution in [0.3, 0.4) is 0 Å². The van der Waals surface area contributed by atoms with Crippen LogP contribution in [-0.4, -0.2) is 53.8 Å². The van der Waals surface area contributed by atoms with Gasteiger partial charge in [-0.3, -0.25) is 4.79 Å². The fourth-order valence-electron chi connectivity index (χ4n) is 4.22. The summed E-state index contributed by atoms with van der Waals surface area (Å²) in [4.78, 5) is 28.4. The summed E-state index contributed by atoms with van der Waals surface area (Å²) in [5.41, 5.74) is 1.60. The summed E-state index contributed by atoms with van der Waals surface area (Å²) in [6, 6.07) is 12.1. The Morgan fingerprint density at radius 3 is 2.62 bits per heavy atom. The van der Waals surface area contributed by atoms with E-state index in [-0.39, 0.29) is 5.91 Å². The van der Waals surface area contributed by atoms with Crippen LogP contribution in [0.15, 0.2) is 47.6 Å². The summed E-state index contributed by atoms with van der Waals surface area (Å²) in [5.74, 6) is 2.06. The van der Waals surface area contributed by atoms with Crippen LogP contribution in [0.25, 0.3) is 10.9 Å². The van der Waals surface area contributed by atoms with E-state index in [1.165, 1.54) is 11.8 Å². The summed E-state index contributed by atoms with van der Waals surface area (Å²) in [7, 11) is 4.01. The Morgan fingerprint density at radius 1 is 1.09 bits per heavy atom. The van der Waals surface area contributed by atoms with Crippen molar-refractivity contribution < 1.29 is 4.79 Å². The lowest BCUT2D eigenvalue weighted by Gasteiger charge is -2.29. The lowest BCUT2D eigenvalue weighted by Crippen LogP contribution is -2.34. The number of anilines is 2. The average Bonchev–Trinajstić information content (AvgIpc) is 2.82. The van der Waals surface area contributed by atoms with Gasteiger partial charge in [-0.15, -0.1) is 11.8 Å². The fraction of sp³-hybridized carbons (Fsp3) is 0.417. The van der Waals surface area contributed by atoms with Crippen molar-refractivity contribution in [3.05, 3.63) is 48.2 Å². The molecule has 1 saturated carbocycles. The maximum atomic E-state index is 12.6. The molecule has 0 bridgehead atoms. The van der Waals surface area contributed by atoms with Crippen molar-refractivity contribution in [2.24, 2.45) is 5.92 Å². The number of amides is 1. The molecule has 1 amide bonds. The second kappa shape index (κ2) is 10.2. The van der Waals surface area contributed by atoms with Gasteiger partial charge < -0.3 is 15.5 Å². The number of pyridine rings is 1. The Labute approximate surface area is 193 Å². The maximum Gasteiger partial charge on any atom is 0.254 e. The number of aromatic nitrogens is 3. The minimum atomic E-state index is -0.0384. The van der Waals surface area contributed by atoms with Gasteiger partial charge in [0.05, 0.1) is 11.1 Å². The zero-order chi connectivity index (χ0) is 22.5. The number of rotatable bonds is 7. The van der Waals surface area contributed by atoms with Crippen molar-refractivity contribution in [1.29, 1.82) is 0 Å². The van der Waals surface area contributed by atoms with Gasteiger partial charge in [0.1, 0.15) is 10.8 Å². The van der Waals surface area contributed by atoms with Crippen LogP contribution >= 0.6 is 11.8 Å². The highest BCUT2D eigenvalue weighted by molar-refractivity contribution is 7.98. The number of thioether (sulfide) groups is 1. The van der Waals surface area contributed by atoms with Crippen molar-refractivity contribution in [2.75, 3.05) is 37.1 Å². The molecule has 1 aliphatic rings. The number of para-hydroxylation sites is 1. The highest BCUT2D eigenvalue weighted by Crippen LogP contribution is 2.28. The molecule has 1 fully saturated rings. The van der Waals surface area contributed by atoms with Crippen LogP contribution in [0, 0.1) is 5.92 Å². The number of hydrogen-bond acceptors (Lipinski definition) is 7. The van der Waals surface area contributed by atoms with Crippen molar-refractivity contribution in [3.8, 4) is 0 Å². The van der Waals surface area contributed by atoms with Crippen LogP contribution in [0.1, 0.15) is 36.0 Å². The van der Waals surface area contributed by atoms with Crippen LogP contribution in [0.5, 0.6) is 0 Å². The number of carbonyl (C=O) groups excluding carboxylic acids is 1. The number of benzene rings is 1. The molecular formula is C24H30N6OS. The average molecular weight is 451 g/mol. The van der Waals surface area contributed by atoms with Gasteiger partial charge in [0.15, 0.2) is 0 Å². The van der Waals surface area contributed by atoms with Crippen LogP contribution in [0.2, 0.25) is 0 Å². The lowest BCUT2D eigenvalue weighted by atomic mass is 9.86. The molecule has 168 valence electrons. The first-order chi connectivity index (χ1) is 15.5. The SMILES string of the molecule is CSc1ncccc1C(=O)NC[C@H]1CC[C@@H](Nc2nc(N(C)C)c3ccccc3n2)CC1. The third kappa shape index (κ3) is 5.12. The molecule has 3 aromatic rings. The highest BCUT2D eigenvalue weighted by atomic mass is 32.2. The predicted octanol–water partition coefficient (Wildman–Crippen LogP) is 4.21. The largest absolute Gasteiger partial charge is 0.362 e. The summed E-state index contributed by atoms with van der Waals surface area (Å²) in [6.45, 7) is 0.700. The zero-order valence-corrected chi connectivity index (χ0v) is 19.7. The minimum absolute atomic E-state index is 0.0384. The van der Waals surface area contributed by atoms with Gasteiger partial charge in [-0.05, 0) is 62.1 Å². The molecule has 1 aliphatic carbocycles. The van der Waals surface area contributed by atoms with Crippen LogP contribution in [0.4, 0.5) is 11.8 Å². The molecule has 0 unspecified atom stereocenters. The highest BCUT2D eigenvalue weighted by Gasteiger charge is 2.23. The first-order valence-corrected chi connectivity index (χ1v) is 12.3. The maximum absolute atomic E-state index is 12.6. The van der Waals surface area contributed by atoms with E-state index in [1.807, 2.05) is 55.6 Å². The van der Waals surface area contributed by atoms with E-state index in [2.05, 4.69) is 21.7 Å². The quantitative estimate of drug-likeness (QED) is 0.522. The molecule has 32 heavy (non-hydrogen) atoms. The first kappa shape index (κ1) is 22.3. The monoisotopic (exact) mass is 450 g/mol. The molecule has 7 nitrogen and oxygen atoms in total. The van der Waals surface area contributed by atoms with Crippen molar-refractivity contribution in [2.45, 2.75) is 36.8 Å². The van der Waals surface area contributed by atoms with E-state index in [0.29, 0.717) is 30.0 Å². The molecule has 1 aromatic carbocycles. The minimum Gasteiger partial charge on any atom is -0.362 e. The summed E-state index contributed by atoms with van der Waals surface area (Å²) >= 11 is 1.49. The van der Waals surface area contributed by atoms with E-state index in [0.717, 1.165) is 47.4 Å². The smallest absolute Gasteiger partial charge is 0.254 e. The molecular weight excluding hydrogens is 420 g/mol. The van der Waals surface area contributed by atoms with E-state index in [9.17, 15) is 4.79 Å². The Bertz CT molecular complexity index is 1080. The molecule has 0 spiro atoms. The van der Waals surface area contributed by atoms with Crippen molar-refractivity contribution >= 4 is 40.3 Å². The number of nitrogens with one attached hydrogen (secondary N) is 2. The van der Waals surface area contributed by atoms with Gasteiger partial charge in [0.2, 0.25) is 5.95 Å². The van der Waals surface area contributed by atoms with Crippen LogP contribution < -0.4 is 15.5 Å². The van der Waals surface area contributed by atoms with Gasteiger partial charge >= 0.3 is 0 Å². The standard InChI is InChI=1S/C24H30N6OS/c1-30(2)21-18-7-4-5-9-20(18)28-24(29-21)27-17-12-10-16(11-13-17)15-26-22(31)19-8-6-14-25-23(19)32-3/h4-9,14,16-17H,10-13,15H2,1-3H3,(H,26,31)(H,27,28,29)/t16-,17+. The van der Waals surface area contributed by atoms with E-state index in [4.69, 9.17) is 9.97 Å². The molecule has 0 radical (unpaired) electrons. The third-order valence-corrected chi connectivity index (χ3v) is 6.66. The molecule has 4 rings (SSSR count). The normalized spacial score (nSPS) is 18.3. The third-order valence-electron chi connectivity index (χ3n) is 5.95. The Balaban J connectivity index is 1.32. The van der Waals surface area contributed by atoms with Crippen molar-refractivity contribution in [1.82, 2.24) is 20.3 Å². The molecule has 8 heteroatoms. The molecule has 0 saturated heterocycles. The summed E-state index contributed by atoms with van der Waals surface area (Å²) < 4.78 is 0. The predicted molar refractivity (Wildman–Crippen MR) is 132 cm³/mol. The molecule has 2 heterocycles. The number of fused-ring (bicyclic) bond motifs is 1. The fourth-order valence-corrected chi connectivity index (χ4v) is 4.76. The molecule has 2 N–H and O–H groups in total.